The third-order valence-electron chi connectivity index (χ3n) is 8.70. The molecule has 0 aliphatic carbocycles. The molecule has 1 saturated heterocycles. The van der Waals surface area contributed by atoms with Gasteiger partial charge in [-0.15, -0.1) is 10.2 Å². The molecule has 2 aromatic heterocycles. The number of aromatic amines is 1. The number of likely N-dealkylation sites (tertiary alicyclic amines) is 1. The van der Waals surface area contributed by atoms with E-state index in [0.717, 1.165) is 62.3 Å². The van der Waals surface area contributed by atoms with Crippen LogP contribution in [0.3, 0.4) is 0 Å². The number of amides is 1. The van der Waals surface area contributed by atoms with Gasteiger partial charge in [0.2, 0.25) is 0 Å². The molecule has 14 heteroatoms. The van der Waals surface area contributed by atoms with Crippen LogP contribution in [0.1, 0.15) is 60.3 Å². The van der Waals surface area contributed by atoms with Crippen molar-refractivity contribution in [2.45, 2.75) is 50.6 Å². The number of H-pyrrole nitrogens is 1. The number of aliphatic carboxylic acids is 1. The lowest BCUT2D eigenvalue weighted by atomic mass is 9.86. The lowest BCUT2D eigenvalue weighted by Crippen LogP contribution is -2.46. The van der Waals surface area contributed by atoms with Gasteiger partial charge in [-0.2, -0.15) is 0 Å². The van der Waals surface area contributed by atoms with Crippen LogP contribution < -0.4 is 15.4 Å². The Morgan fingerprint density at radius 2 is 1.71 bits per heavy atom. The number of carbonyl (C=O) groups is 2. The molecule has 0 spiro atoms. The molecule has 272 valence electrons. The molecule has 4 aromatic rings. The third kappa shape index (κ3) is 11.3. The normalized spacial score (nSPS) is 14.2. The zero-order chi connectivity index (χ0) is 35.9. The van der Waals surface area contributed by atoms with Gasteiger partial charge in [-0.25, -0.2) is 9.18 Å². The first kappa shape index (κ1) is 37.3. The molecular formula is C37H46FN7O6. The molecule has 0 bridgehead atoms. The Balaban J connectivity index is 1.10. The number of hydrogen-bond acceptors (Lipinski definition) is 10. The molecule has 0 atom stereocenters. The number of carboxylic acids is 1. The van der Waals surface area contributed by atoms with E-state index in [9.17, 15) is 14.0 Å². The van der Waals surface area contributed by atoms with Crippen LogP contribution in [0.15, 0.2) is 67.0 Å². The maximum absolute atomic E-state index is 14.7. The zero-order valence-electron chi connectivity index (χ0n) is 28.9. The van der Waals surface area contributed by atoms with Crippen LogP contribution in [0.2, 0.25) is 0 Å². The number of nitrogens with zero attached hydrogens (tertiary/aromatic N) is 4. The minimum atomic E-state index is -0.980. The van der Waals surface area contributed by atoms with Crippen molar-refractivity contribution in [3.05, 3.63) is 89.8 Å². The van der Waals surface area contributed by atoms with E-state index in [1.807, 2.05) is 24.3 Å². The van der Waals surface area contributed by atoms with Gasteiger partial charge in [-0.3, -0.25) is 9.78 Å². The van der Waals surface area contributed by atoms with Gasteiger partial charge in [0.05, 0.1) is 12.1 Å². The second-order valence-electron chi connectivity index (χ2n) is 12.6. The lowest BCUT2D eigenvalue weighted by molar-refractivity contribution is -0.142. The Bertz CT molecular complexity index is 1700. The number of pyridine rings is 1. The number of unbranched alkanes of at least 4 members (excludes halogenated alkanes) is 2. The van der Waals surface area contributed by atoms with Crippen LogP contribution in [-0.4, -0.2) is 95.2 Å². The number of hydrogen-bond donors (Lipinski definition) is 4. The molecule has 13 nitrogen and oxygen atoms in total. The van der Waals surface area contributed by atoms with Crippen molar-refractivity contribution in [1.29, 1.82) is 0 Å². The number of nitrogens with one attached hydrogen (secondary N) is 3. The lowest BCUT2D eigenvalue weighted by Gasteiger charge is -2.40. The van der Waals surface area contributed by atoms with Crippen LogP contribution in [0.5, 0.6) is 5.75 Å². The molecule has 0 radical (unpaired) electrons. The highest BCUT2D eigenvalue weighted by Gasteiger charge is 2.39. The maximum Gasteiger partial charge on any atom is 0.329 e. The van der Waals surface area contributed by atoms with Crippen LogP contribution >= 0.6 is 0 Å². The van der Waals surface area contributed by atoms with Gasteiger partial charge in [-0.1, -0.05) is 6.07 Å². The standard InChI is InChI=1S/C37H46FN7O6/c1-45-17-13-37(14-18-45,36-41-34(43-44-36)27-11-15-39-16-12-27)42-30-8-5-7-28(23-30)35(48)40-25-29-24-31(9-10-32(29)38)51-22-4-2-3-19-49-20-6-21-50-26-33(46)47/h5,7-12,15-16,23-24,42H,2-4,6,13-14,17-22,25-26H2,1H3,(H,40,48)(H,46,47)(H,41,43,44). The number of benzene rings is 2. The fourth-order valence-electron chi connectivity index (χ4n) is 5.80. The molecule has 3 heterocycles. The van der Waals surface area contributed by atoms with Crippen molar-refractivity contribution < 1.29 is 33.3 Å². The van der Waals surface area contributed by atoms with E-state index in [0.29, 0.717) is 55.5 Å². The predicted octanol–water partition coefficient (Wildman–Crippen LogP) is 5.03. The number of rotatable bonds is 20. The first-order valence-corrected chi connectivity index (χ1v) is 17.3. The van der Waals surface area contributed by atoms with E-state index in [1.165, 1.54) is 6.07 Å². The summed E-state index contributed by atoms with van der Waals surface area (Å²) < 4.78 is 31.0. The van der Waals surface area contributed by atoms with Gasteiger partial charge < -0.3 is 39.8 Å². The Morgan fingerprint density at radius 3 is 2.51 bits per heavy atom. The molecule has 1 fully saturated rings. The van der Waals surface area contributed by atoms with Crippen LogP contribution in [0.25, 0.3) is 11.4 Å². The maximum atomic E-state index is 14.7. The third-order valence-corrected chi connectivity index (χ3v) is 8.70. The van der Waals surface area contributed by atoms with Gasteiger partial charge in [0.1, 0.15) is 18.2 Å². The van der Waals surface area contributed by atoms with Crippen molar-refractivity contribution in [2.24, 2.45) is 0 Å². The smallest absolute Gasteiger partial charge is 0.329 e. The number of halogens is 1. The highest BCUT2D eigenvalue weighted by atomic mass is 19.1. The van der Waals surface area contributed by atoms with Crippen molar-refractivity contribution in [2.75, 3.05) is 58.5 Å². The van der Waals surface area contributed by atoms with Crippen molar-refractivity contribution in [3.63, 3.8) is 0 Å². The van der Waals surface area contributed by atoms with E-state index in [-0.39, 0.29) is 19.1 Å². The van der Waals surface area contributed by atoms with Gasteiger partial charge in [0.15, 0.2) is 11.6 Å². The van der Waals surface area contributed by atoms with Crippen LogP contribution in [-0.2, 0) is 26.4 Å². The number of carbonyl (C=O) groups excluding carboxylic acids is 1. The quantitative estimate of drug-likeness (QED) is 0.0914. The van der Waals surface area contributed by atoms with Crippen molar-refractivity contribution in [3.8, 4) is 17.1 Å². The molecule has 1 amide bonds. The summed E-state index contributed by atoms with van der Waals surface area (Å²) in [5, 5.41) is 24.0. The topological polar surface area (TPSA) is 164 Å². The summed E-state index contributed by atoms with van der Waals surface area (Å²) in [7, 11) is 2.09. The SMILES string of the molecule is CN1CCC(Nc2cccc(C(=O)NCc3cc(OCCCCCOCCCOCC(=O)O)ccc3F)c2)(c2nnc(-c3ccncc3)[nH]2)CC1. The highest BCUT2D eigenvalue weighted by molar-refractivity contribution is 5.95. The Hall–Kier alpha value is -4.92. The van der Waals surface area contributed by atoms with Crippen molar-refractivity contribution >= 4 is 17.6 Å². The summed E-state index contributed by atoms with van der Waals surface area (Å²) in [4.78, 5) is 33.4. The Kier molecular flexibility index (Phi) is 13.8. The van der Waals surface area contributed by atoms with Crippen LogP contribution in [0.4, 0.5) is 10.1 Å². The fraction of sp³-hybridized carbons (Fsp3) is 0.432. The molecule has 5 rings (SSSR count). The van der Waals surface area contributed by atoms with Crippen molar-refractivity contribution in [1.82, 2.24) is 30.4 Å². The van der Waals surface area contributed by atoms with Gasteiger partial charge in [0.25, 0.3) is 5.91 Å². The molecule has 0 saturated carbocycles. The van der Waals surface area contributed by atoms with Gasteiger partial charge >= 0.3 is 5.97 Å². The van der Waals surface area contributed by atoms with Crippen LogP contribution in [0, 0.1) is 5.82 Å². The summed E-state index contributed by atoms with van der Waals surface area (Å²) in [6.45, 7) is 3.38. The molecular weight excluding hydrogens is 657 g/mol. The summed E-state index contributed by atoms with van der Waals surface area (Å²) >= 11 is 0. The van der Waals surface area contributed by atoms with E-state index < -0.39 is 17.3 Å². The summed E-state index contributed by atoms with van der Waals surface area (Å²) in [5.41, 5.74) is 1.93. The molecule has 2 aromatic carbocycles. The predicted molar refractivity (Wildman–Crippen MR) is 189 cm³/mol. The Morgan fingerprint density at radius 1 is 0.941 bits per heavy atom. The fourth-order valence-corrected chi connectivity index (χ4v) is 5.80. The number of piperidine rings is 1. The number of carboxylic acid groups (broad SMARTS) is 1. The zero-order valence-corrected chi connectivity index (χ0v) is 28.9. The number of ether oxygens (including phenoxy) is 3. The molecule has 4 N–H and O–H groups in total. The van der Waals surface area contributed by atoms with E-state index in [1.54, 1.807) is 36.7 Å². The first-order valence-electron chi connectivity index (χ1n) is 17.3. The second kappa shape index (κ2) is 18.9. The van der Waals surface area contributed by atoms with Gasteiger partial charge in [-0.05, 0) is 94.1 Å². The van der Waals surface area contributed by atoms with Gasteiger partial charge in [0, 0.05) is 74.2 Å². The summed E-state index contributed by atoms with van der Waals surface area (Å²) in [5.74, 6) is 0.207. The molecule has 0 unspecified atom stereocenters. The second-order valence-corrected chi connectivity index (χ2v) is 12.6. The van der Waals surface area contributed by atoms with E-state index in [2.05, 4.69) is 42.7 Å². The number of aromatic nitrogens is 4. The van der Waals surface area contributed by atoms with E-state index in [4.69, 9.17) is 19.3 Å². The molecule has 51 heavy (non-hydrogen) atoms. The average Bonchev–Trinajstić information content (AvgIpc) is 3.65. The minimum absolute atomic E-state index is 0.00429. The molecule has 1 aliphatic heterocycles. The first-order chi connectivity index (χ1) is 24.8. The average molecular weight is 704 g/mol. The summed E-state index contributed by atoms with van der Waals surface area (Å²) in [6.07, 6.45) is 8.22. The highest BCUT2D eigenvalue weighted by Crippen LogP contribution is 2.35. The largest absolute Gasteiger partial charge is 0.494 e. The minimum Gasteiger partial charge on any atom is -0.494 e. The molecule has 1 aliphatic rings. The number of anilines is 1. The monoisotopic (exact) mass is 703 g/mol. The summed E-state index contributed by atoms with van der Waals surface area (Å²) in [6, 6.07) is 15.6. The van der Waals surface area contributed by atoms with E-state index >= 15 is 0 Å². The Labute approximate surface area is 296 Å².